The number of hydrogen-bond donors (Lipinski definition) is 1. The molecule has 6 nitrogen and oxygen atoms in total. The molecular formula is C25H22F3N3O3. The summed E-state index contributed by atoms with van der Waals surface area (Å²) in [7, 11) is 0. The van der Waals surface area contributed by atoms with Gasteiger partial charge in [-0.25, -0.2) is 4.98 Å². The molecule has 0 aliphatic heterocycles. The van der Waals surface area contributed by atoms with Gasteiger partial charge in [0.2, 0.25) is 0 Å². The van der Waals surface area contributed by atoms with E-state index in [1.54, 1.807) is 16.5 Å². The van der Waals surface area contributed by atoms with Crippen molar-refractivity contribution in [1.82, 2.24) is 14.7 Å². The number of alkyl halides is 3. The van der Waals surface area contributed by atoms with Gasteiger partial charge in [0, 0.05) is 12.7 Å². The van der Waals surface area contributed by atoms with Gasteiger partial charge in [0.1, 0.15) is 29.4 Å². The summed E-state index contributed by atoms with van der Waals surface area (Å²) in [5.74, 6) is 0.118. The molecule has 4 aromatic rings. The molecule has 0 saturated carbocycles. The monoisotopic (exact) mass is 469 g/mol. The summed E-state index contributed by atoms with van der Waals surface area (Å²) >= 11 is 0. The SMILES string of the molecule is CCc1nc2ccccn2c1C(=O)NCc1ccc(OCc2ccc(OC(F)(F)F)cc2)cc1. The van der Waals surface area contributed by atoms with Gasteiger partial charge in [-0.2, -0.15) is 0 Å². The Morgan fingerprint density at radius 1 is 0.971 bits per heavy atom. The number of aryl methyl sites for hydroxylation is 1. The zero-order chi connectivity index (χ0) is 24.1. The maximum atomic E-state index is 12.8. The highest BCUT2D eigenvalue weighted by Gasteiger charge is 2.30. The number of hydrogen-bond acceptors (Lipinski definition) is 4. The lowest BCUT2D eigenvalue weighted by Crippen LogP contribution is -2.25. The summed E-state index contributed by atoms with van der Waals surface area (Å²) in [5, 5.41) is 2.93. The number of pyridine rings is 1. The lowest BCUT2D eigenvalue weighted by atomic mass is 10.2. The molecule has 0 aliphatic carbocycles. The summed E-state index contributed by atoms with van der Waals surface area (Å²) in [6.07, 6.45) is -2.25. The Morgan fingerprint density at radius 2 is 1.65 bits per heavy atom. The van der Waals surface area contributed by atoms with Crippen molar-refractivity contribution in [3.63, 3.8) is 0 Å². The first-order chi connectivity index (χ1) is 16.3. The average molecular weight is 469 g/mol. The van der Waals surface area contributed by atoms with E-state index in [-0.39, 0.29) is 18.3 Å². The Bertz CT molecular complexity index is 1270. The Hall–Kier alpha value is -4.01. The van der Waals surface area contributed by atoms with Crippen LogP contribution in [0.3, 0.4) is 0 Å². The van der Waals surface area contributed by atoms with Crippen LogP contribution in [-0.4, -0.2) is 21.7 Å². The number of aromatic nitrogens is 2. The van der Waals surface area contributed by atoms with Crippen LogP contribution in [0.5, 0.6) is 11.5 Å². The standard InChI is InChI=1S/C25H22F3N3O3/c1-2-21-23(31-14-4-3-5-22(31)30-21)24(32)29-15-17-6-10-19(11-7-17)33-16-18-8-12-20(13-9-18)34-25(26,27)28/h3-14H,2,15-16H2,1H3,(H,29,32). The molecule has 0 spiro atoms. The van der Waals surface area contributed by atoms with Crippen LogP contribution in [0.2, 0.25) is 0 Å². The van der Waals surface area contributed by atoms with Crippen LogP contribution in [-0.2, 0) is 19.6 Å². The highest BCUT2D eigenvalue weighted by Crippen LogP contribution is 2.23. The molecule has 0 fully saturated rings. The zero-order valence-corrected chi connectivity index (χ0v) is 18.3. The number of nitrogens with one attached hydrogen (secondary N) is 1. The van der Waals surface area contributed by atoms with E-state index < -0.39 is 6.36 Å². The summed E-state index contributed by atoms with van der Waals surface area (Å²) < 4.78 is 48.0. The van der Waals surface area contributed by atoms with Crippen molar-refractivity contribution in [3.05, 3.63) is 95.4 Å². The van der Waals surface area contributed by atoms with Crippen LogP contribution in [0.15, 0.2) is 72.9 Å². The maximum Gasteiger partial charge on any atom is 0.573 e. The van der Waals surface area contributed by atoms with Crippen LogP contribution >= 0.6 is 0 Å². The number of carbonyl (C=O) groups is 1. The minimum Gasteiger partial charge on any atom is -0.489 e. The van der Waals surface area contributed by atoms with Crippen molar-refractivity contribution in [2.45, 2.75) is 32.9 Å². The molecule has 2 aromatic heterocycles. The first-order valence-corrected chi connectivity index (χ1v) is 10.6. The van der Waals surface area contributed by atoms with Gasteiger partial charge in [-0.1, -0.05) is 37.3 Å². The van der Waals surface area contributed by atoms with Gasteiger partial charge in [-0.15, -0.1) is 13.2 Å². The van der Waals surface area contributed by atoms with Crippen LogP contribution in [0.4, 0.5) is 13.2 Å². The first-order valence-electron chi connectivity index (χ1n) is 10.6. The number of benzene rings is 2. The van der Waals surface area contributed by atoms with E-state index in [1.165, 1.54) is 24.3 Å². The molecule has 2 aromatic carbocycles. The lowest BCUT2D eigenvalue weighted by molar-refractivity contribution is -0.274. The number of amides is 1. The third kappa shape index (κ3) is 5.67. The molecule has 0 unspecified atom stereocenters. The van der Waals surface area contributed by atoms with E-state index in [0.717, 1.165) is 16.9 Å². The van der Waals surface area contributed by atoms with Crippen LogP contribution in [0, 0.1) is 0 Å². The Labute approximate surface area is 194 Å². The highest BCUT2D eigenvalue weighted by molar-refractivity contribution is 5.94. The molecule has 1 amide bonds. The number of nitrogens with zero attached hydrogens (tertiary/aromatic N) is 2. The van der Waals surface area contributed by atoms with E-state index >= 15 is 0 Å². The van der Waals surface area contributed by atoms with E-state index in [9.17, 15) is 18.0 Å². The quantitative estimate of drug-likeness (QED) is 0.380. The molecule has 0 atom stereocenters. The second-order valence-corrected chi connectivity index (χ2v) is 7.50. The summed E-state index contributed by atoms with van der Waals surface area (Å²) in [4.78, 5) is 17.3. The largest absolute Gasteiger partial charge is 0.573 e. The van der Waals surface area contributed by atoms with Gasteiger partial charge >= 0.3 is 6.36 Å². The minimum atomic E-state index is -4.72. The number of ether oxygens (including phenoxy) is 2. The van der Waals surface area contributed by atoms with E-state index in [0.29, 0.717) is 30.0 Å². The molecule has 0 saturated heterocycles. The number of rotatable bonds is 8. The summed E-state index contributed by atoms with van der Waals surface area (Å²) in [6, 6.07) is 18.3. The maximum absolute atomic E-state index is 12.8. The van der Waals surface area contributed by atoms with Crippen LogP contribution in [0.25, 0.3) is 5.65 Å². The normalized spacial score (nSPS) is 11.4. The minimum absolute atomic E-state index is 0.191. The third-order valence-electron chi connectivity index (χ3n) is 5.09. The third-order valence-corrected chi connectivity index (χ3v) is 5.09. The predicted octanol–water partition coefficient (Wildman–Crippen LogP) is 5.30. The van der Waals surface area contributed by atoms with Gasteiger partial charge in [0.25, 0.3) is 5.91 Å². The molecule has 0 radical (unpaired) electrons. The molecule has 34 heavy (non-hydrogen) atoms. The topological polar surface area (TPSA) is 64.9 Å². The van der Waals surface area contributed by atoms with Crippen LogP contribution in [0.1, 0.15) is 34.2 Å². The number of carbonyl (C=O) groups excluding carboxylic acids is 1. The van der Waals surface area contributed by atoms with Crippen molar-refractivity contribution in [1.29, 1.82) is 0 Å². The number of halogens is 3. The van der Waals surface area contributed by atoms with Gasteiger partial charge in [-0.05, 0) is 53.9 Å². The molecule has 0 aliphatic rings. The molecular weight excluding hydrogens is 447 g/mol. The second kappa shape index (κ2) is 9.86. The number of imidazole rings is 1. The van der Waals surface area contributed by atoms with Crippen molar-refractivity contribution < 1.29 is 27.4 Å². The van der Waals surface area contributed by atoms with Gasteiger partial charge < -0.3 is 14.8 Å². The molecule has 1 N–H and O–H groups in total. The van der Waals surface area contributed by atoms with Gasteiger partial charge in [0.05, 0.1) is 5.69 Å². The molecule has 9 heteroatoms. The predicted molar refractivity (Wildman–Crippen MR) is 120 cm³/mol. The molecule has 2 heterocycles. The van der Waals surface area contributed by atoms with Crippen molar-refractivity contribution in [2.24, 2.45) is 0 Å². The fraction of sp³-hybridized carbons (Fsp3) is 0.200. The molecule has 4 rings (SSSR count). The highest BCUT2D eigenvalue weighted by atomic mass is 19.4. The van der Waals surface area contributed by atoms with Crippen molar-refractivity contribution >= 4 is 11.6 Å². The second-order valence-electron chi connectivity index (χ2n) is 7.50. The average Bonchev–Trinajstić information content (AvgIpc) is 3.21. The summed E-state index contributed by atoms with van der Waals surface area (Å²) in [5.41, 5.74) is 3.59. The Balaban J connectivity index is 1.32. The van der Waals surface area contributed by atoms with Gasteiger partial charge in [0.15, 0.2) is 0 Å². The summed E-state index contributed by atoms with van der Waals surface area (Å²) in [6.45, 7) is 2.49. The first kappa shape index (κ1) is 23.2. The number of fused-ring (bicyclic) bond motifs is 1. The van der Waals surface area contributed by atoms with Gasteiger partial charge in [-0.3, -0.25) is 9.20 Å². The molecule has 0 bridgehead atoms. The molecule has 176 valence electrons. The smallest absolute Gasteiger partial charge is 0.489 e. The van der Waals surface area contributed by atoms with Crippen molar-refractivity contribution in [2.75, 3.05) is 0 Å². The van der Waals surface area contributed by atoms with E-state index in [2.05, 4.69) is 15.0 Å². The van der Waals surface area contributed by atoms with E-state index in [1.807, 2.05) is 43.5 Å². The van der Waals surface area contributed by atoms with Crippen molar-refractivity contribution in [3.8, 4) is 11.5 Å². The van der Waals surface area contributed by atoms with E-state index in [4.69, 9.17) is 4.74 Å². The Kier molecular flexibility index (Phi) is 6.72. The fourth-order valence-electron chi connectivity index (χ4n) is 3.46. The Morgan fingerprint density at radius 3 is 2.32 bits per heavy atom. The zero-order valence-electron chi connectivity index (χ0n) is 18.3. The fourth-order valence-corrected chi connectivity index (χ4v) is 3.46. The lowest BCUT2D eigenvalue weighted by Gasteiger charge is -2.11. The van der Waals surface area contributed by atoms with Crippen LogP contribution < -0.4 is 14.8 Å².